The summed E-state index contributed by atoms with van der Waals surface area (Å²) in [5, 5.41) is 8.65. The number of carboxylic acid groups (broad SMARTS) is 1. The van der Waals surface area contributed by atoms with Crippen molar-refractivity contribution in [3.8, 4) is 16.9 Å². The van der Waals surface area contributed by atoms with Crippen LogP contribution in [-0.4, -0.2) is 18.2 Å². The highest BCUT2D eigenvalue weighted by Crippen LogP contribution is 2.32. The van der Waals surface area contributed by atoms with Gasteiger partial charge in [0.25, 0.3) is 0 Å². The number of ether oxygens (including phenoxy) is 1. The largest absolute Gasteiger partial charge is 0.493 e. The number of aliphatic carboxylic acids is 1. The molecule has 0 aliphatic heterocycles. The summed E-state index contributed by atoms with van der Waals surface area (Å²) >= 11 is 0. The second kappa shape index (κ2) is 6.19. The maximum Gasteiger partial charge on any atom is 0.303 e. The molecule has 0 bridgehead atoms. The van der Waals surface area contributed by atoms with Crippen molar-refractivity contribution in [1.29, 1.82) is 0 Å². The van der Waals surface area contributed by atoms with Gasteiger partial charge in [0.05, 0.1) is 7.11 Å². The summed E-state index contributed by atoms with van der Waals surface area (Å²) in [5.74, 6) is -1.01. The second-order valence-corrected chi connectivity index (χ2v) is 4.41. The van der Waals surface area contributed by atoms with Crippen molar-refractivity contribution in [3.63, 3.8) is 0 Å². The molecule has 0 radical (unpaired) electrons. The zero-order chi connectivity index (χ0) is 14.5. The van der Waals surface area contributed by atoms with Gasteiger partial charge in [-0.05, 0) is 23.6 Å². The van der Waals surface area contributed by atoms with E-state index in [9.17, 15) is 9.18 Å². The van der Waals surface area contributed by atoms with Crippen molar-refractivity contribution in [2.45, 2.75) is 12.8 Å². The van der Waals surface area contributed by atoms with E-state index in [1.807, 2.05) is 24.3 Å². The average Bonchev–Trinajstić information content (AvgIpc) is 2.45. The van der Waals surface area contributed by atoms with Gasteiger partial charge < -0.3 is 9.84 Å². The van der Waals surface area contributed by atoms with Crippen molar-refractivity contribution >= 4 is 5.97 Å². The molecule has 0 unspecified atom stereocenters. The molecule has 1 N–H and O–H groups in total. The standard InChI is InChI=1S/C16H15FO3/c1-20-16-13(3-2-4-14(16)17)12-8-5-11(6-9-12)7-10-15(18)19/h2-6,8-9H,7,10H2,1H3,(H,18,19). The number of halogens is 1. The van der Waals surface area contributed by atoms with Gasteiger partial charge in [-0.2, -0.15) is 0 Å². The Morgan fingerprint density at radius 3 is 2.50 bits per heavy atom. The van der Waals surface area contributed by atoms with Crippen molar-refractivity contribution in [3.05, 3.63) is 53.8 Å². The van der Waals surface area contributed by atoms with E-state index < -0.39 is 11.8 Å². The third-order valence-electron chi connectivity index (χ3n) is 3.06. The fourth-order valence-electron chi connectivity index (χ4n) is 2.05. The van der Waals surface area contributed by atoms with E-state index in [0.717, 1.165) is 11.1 Å². The van der Waals surface area contributed by atoms with Crippen molar-refractivity contribution in [2.24, 2.45) is 0 Å². The van der Waals surface area contributed by atoms with Crippen LogP contribution in [0.1, 0.15) is 12.0 Å². The molecule has 2 aromatic carbocycles. The predicted molar refractivity (Wildman–Crippen MR) is 74.3 cm³/mol. The van der Waals surface area contributed by atoms with Crippen LogP contribution in [0.4, 0.5) is 4.39 Å². The first-order chi connectivity index (χ1) is 9.61. The number of methoxy groups -OCH3 is 1. The molecule has 4 heteroatoms. The Bertz CT molecular complexity index is 606. The Morgan fingerprint density at radius 1 is 1.20 bits per heavy atom. The minimum Gasteiger partial charge on any atom is -0.493 e. The molecule has 104 valence electrons. The zero-order valence-corrected chi connectivity index (χ0v) is 11.1. The van der Waals surface area contributed by atoms with Crippen molar-refractivity contribution in [1.82, 2.24) is 0 Å². The number of hydrogen-bond acceptors (Lipinski definition) is 2. The Kier molecular flexibility index (Phi) is 4.35. The number of benzene rings is 2. The van der Waals surface area contributed by atoms with E-state index in [0.29, 0.717) is 12.0 Å². The molecule has 0 aliphatic carbocycles. The Morgan fingerprint density at radius 2 is 1.90 bits per heavy atom. The monoisotopic (exact) mass is 274 g/mol. The van der Waals surface area contributed by atoms with Gasteiger partial charge in [-0.3, -0.25) is 4.79 Å². The molecule has 0 amide bonds. The normalized spacial score (nSPS) is 10.3. The van der Waals surface area contributed by atoms with Crippen LogP contribution >= 0.6 is 0 Å². The van der Waals surface area contributed by atoms with E-state index in [2.05, 4.69) is 0 Å². The lowest BCUT2D eigenvalue weighted by atomic mass is 10.0. The lowest BCUT2D eigenvalue weighted by Crippen LogP contribution is -1.97. The minimum absolute atomic E-state index is 0.0998. The lowest BCUT2D eigenvalue weighted by molar-refractivity contribution is -0.136. The van der Waals surface area contributed by atoms with Crippen molar-refractivity contribution in [2.75, 3.05) is 7.11 Å². The summed E-state index contributed by atoms with van der Waals surface area (Å²) in [6.07, 6.45) is 0.582. The molecule has 0 saturated heterocycles. The van der Waals surface area contributed by atoms with E-state index in [-0.39, 0.29) is 12.2 Å². The van der Waals surface area contributed by atoms with Crippen LogP contribution in [0.5, 0.6) is 5.75 Å². The summed E-state index contributed by atoms with van der Waals surface area (Å²) in [6.45, 7) is 0. The van der Waals surface area contributed by atoms with Gasteiger partial charge in [0.2, 0.25) is 0 Å². The summed E-state index contributed by atoms with van der Waals surface area (Å²) < 4.78 is 18.7. The van der Waals surface area contributed by atoms with Gasteiger partial charge in [-0.1, -0.05) is 36.4 Å². The Labute approximate surface area is 116 Å². The minimum atomic E-state index is -0.819. The van der Waals surface area contributed by atoms with E-state index in [1.165, 1.54) is 13.2 Å². The third-order valence-corrected chi connectivity index (χ3v) is 3.06. The molecular weight excluding hydrogens is 259 g/mol. The number of para-hydroxylation sites is 1. The topological polar surface area (TPSA) is 46.5 Å². The molecule has 20 heavy (non-hydrogen) atoms. The lowest BCUT2D eigenvalue weighted by Gasteiger charge is -2.10. The number of carbonyl (C=O) groups is 1. The molecule has 0 aliphatic rings. The fraction of sp³-hybridized carbons (Fsp3) is 0.188. The van der Waals surface area contributed by atoms with Crippen LogP contribution in [0.15, 0.2) is 42.5 Å². The second-order valence-electron chi connectivity index (χ2n) is 4.41. The highest BCUT2D eigenvalue weighted by Gasteiger charge is 2.10. The molecule has 0 spiro atoms. The summed E-state index contributed by atoms with van der Waals surface area (Å²) in [5.41, 5.74) is 2.45. The zero-order valence-electron chi connectivity index (χ0n) is 11.1. The van der Waals surface area contributed by atoms with Crippen LogP contribution in [0.3, 0.4) is 0 Å². The highest BCUT2D eigenvalue weighted by atomic mass is 19.1. The van der Waals surface area contributed by atoms with E-state index in [1.54, 1.807) is 12.1 Å². The van der Waals surface area contributed by atoms with Gasteiger partial charge >= 0.3 is 5.97 Å². The SMILES string of the molecule is COc1c(F)cccc1-c1ccc(CCC(=O)O)cc1. The Hall–Kier alpha value is -2.36. The molecule has 0 atom stereocenters. The van der Waals surface area contributed by atoms with Crippen LogP contribution < -0.4 is 4.74 Å². The summed E-state index contributed by atoms with van der Waals surface area (Å²) in [7, 11) is 1.43. The molecule has 0 saturated carbocycles. The quantitative estimate of drug-likeness (QED) is 0.907. The molecule has 2 aromatic rings. The maximum atomic E-state index is 13.6. The average molecular weight is 274 g/mol. The van der Waals surface area contributed by atoms with Crippen LogP contribution in [0, 0.1) is 5.82 Å². The molecule has 2 rings (SSSR count). The number of hydrogen-bond donors (Lipinski definition) is 1. The molecule has 3 nitrogen and oxygen atoms in total. The first-order valence-corrected chi connectivity index (χ1v) is 6.25. The van der Waals surface area contributed by atoms with Crippen molar-refractivity contribution < 1.29 is 19.0 Å². The molecule has 0 heterocycles. The number of carboxylic acids is 1. The first-order valence-electron chi connectivity index (χ1n) is 6.25. The van der Waals surface area contributed by atoms with Gasteiger partial charge in [-0.15, -0.1) is 0 Å². The summed E-state index contributed by atoms with van der Waals surface area (Å²) in [4.78, 5) is 10.5. The number of aryl methyl sites for hydroxylation is 1. The third kappa shape index (κ3) is 3.15. The smallest absolute Gasteiger partial charge is 0.303 e. The van der Waals surface area contributed by atoms with Gasteiger partial charge in [0.15, 0.2) is 11.6 Å². The van der Waals surface area contributed by atoms with E-state index >= 15 is 0 Å². The van der Waals surface area contributed by atoms with Crippen LogP contribution in [0.25, 0.3) is 11.1 Å². The van der Waals surface area contributed by atoms with Gasteiger partial charge in [0, 0.05) is 12.0 Å². The van der Waals surface area contributed by atoms with Gasteiger partial charge in [-0.25, -0.2) is 4.39 Å². The van der Waals surface area contributed by atoms with Gasteiger partial charge in [0.1, 0.15) is 0 Å². The number of rotatable bonds is 5. The highest BCUT2D eigenvalue weighted by molar-refractivity contribution is 5.71. The molecular formula is C16H15FO3. The fourth-order valence-corrected chi connectivity index (χ4v) is 2.05. The van der Waals surface area contributed by atoms with Crippen LogP contribution in [0.2, 0.25) is 0 Å². The first kappa shape index (κ1) is 14.1. The summed E-state index contributed by atoms with van der Waals surface area (Å²) in [6, 6.07) is 12.2. The molecule has 0 aromatic heterocycles. The maximum absolute atomic E-state index is 13.6. The molecule has 0 fully saturated rings. The Balaban J connectivity index is 2.26. The van der Waals surface area contributed by atoms with E-state index in [4.69, 9.17) is 9.84 Å². The predicted octanol–water partition coefficient (Wildman–Crippen LogP) is 3.52. The van der Waals surface area contributed by atoms with Crippen LogP contribution in [-0.2, 0) is 11.2 Å².